The Labute approximate surface area is 234 Å². The molecule has 3 aromatic carbocycles. The van der Waals surface area contributed by atoms with E-state index in [1.165, 1.54) is 54.4 Å². The van der Waals surface area contributed by atoms with Crippen molar-refractivity contribution in [2.24, 2.45) is 5.92 Å². The summed E-state index contributed by atoms with van der Waals surface area (Å²) in [6.45, 7) is 4.35. The molecule has 0 saturated heterocycles. The van der Waals surface area contributed by atoms with Crippen LogP contribution in [0, 0.1) is 17.6 Å². The number of hydrogen-bond donors (Lipinski definition) is 0. The summed E-state index contributed by atoms with van der Waals surface area (Å²) >= 11 is 0. The van der Waals surface area contributed by atoms with Gasteiger partial charge in [0.25, 0.3) is 0 Å². The van der Waals surface area contributed by atoms with Crippen molar-refractivity contribution >= 4 is 0 Å². The Morgan fingerprint density at radius 2 is 1.36 bits per heavy atom. The van der Waals surface area contributed by atoms with Crippen molar-refractivity contribution in [1.29, 1.82) is 0 Å². The molecule has 0 unspecified atom stereocenters. The number of allylic oxidation sites excluding steroid dienone is 2. The molecule has 1 aliphatic rings. The van der Waals surface area contributed by atoms with E-state index in [2.05, 4.69) is 67.6 Å². The summed E-state index contributed by atoms with van der Waals surface area (Å²) < 4.78 is 34.1. The number of unbranched alkanes of at least 4 members (excludes halogenated alkanes) is 3. The lowest BCUT2D eigenvalue weighted by molar-refractivity contribution is 0.310. The standard InChI is InChI=1S/C36H44F2O/c1-3-5-6-7-10-27-13-19-30(20-14-27)31-21-15-28(16-22-31)11-8-9-12-29-17-23-32(24-18-29)33-25-26-34(39-4-2)36(38)35(33)37/h9,12-16,19-22,25-26,29,32H,3-8,10-11,17-18,23-24H2,1-2H3. The lowest BCUT2D eigenvalue weighted by atomic mass is 9.78. The van der Waals surface area contributed by atoms with E-state index in [9.17, 15) is 8.78 Å². The highest BCUT2D eigenvalue weighted by atomic mass is 19.2. The van der Waals surface area contributed by atoms with Crippen LogP contribution >= 0.6 is 0 Å². The van der Waals surface area contributed by atoms with Crippen molar-refractivity contribution < 1.29 is 13.5 Å². The molecule has 0 radical (unpaired) electrons. The molecule has 0 N–H and O–H groups in total. The van der Waals surface area contributed by atoms with Crippen LogP contribution in [0.25, 0.3) is 11.1 Å². The van der Waals surface area contributed by atoms with Gasteiger partial charge in [-0.25, -0.2) is 4.39 Å². The number of halogens is 2. The lowest BCUT2D eigenvalue weighted by Gasteiger charge is -2.27. The van der Waals surface area contributed by atoms with Crippen molar-refractivity contribution in [3.05, 3.63) is 101 Å². The van der Waals surface area contributed by atoms with Crippen molar-refractivity contribution in [2.75, 3.05) is 6.61 Å². The number of rotatable bonds is 13. The van der Waals surface area contributed by atoms with Crippen molar-refractivity contribution in [3.8, 4) is 16.9 Å². The van der Waals surface area contributed by atoms with E-state index in [1.54, 1.807) is 19.1 Å². The highest BCUT2D eigenvalue weighted by Gasteiger charge is 2.25. The van der Waals surface area contributed by atoms with Crippen molar-refractivity contribution in [3.63, 3.8) is 0 Å². The SMILES string of the molecule is CCCCCCc1ccc(-c2ccc(CCC=CC3CCC(c4ccc(OCC)c(F)c4F)CC3)cc2)cc1. The van der Waals surface area contributed by atoms with Gasteiger partial charge in [0.1, 0.15) is 0 Å². The largest absolute Gasteiger partial charge is 0.491 e. The third-order valence-electron chi connectivity index (χ3n) is 8.16. The Hall–Kier alpha value is -2.94. The monoisotopic (exact) mass is 530 g/mol. The number of aryl methyl sites for hydroxylation is 2. The predicted octanol–water partition coefficient (Wildman–Crippen LogP) is 10.6. The van der Waals surface area contributed by atoms with Crippen molar-refractivity contribution in [1.82, 2.24) is 0 Å². The molecule has 1 fully saturated rings. The van der Waals surface area contributed by atoms with E-state index in [1.807, 2.05) is 0 Å². The Morgan fingerprint density at radius 1 is 0.718 bits per heavy atom. The van der Waals surface area contributed by atoms with Crippen LogP contribution in [-0.4, -0.2) is 6.61 Å². The zero-order chi connectivity index (χ0) is 27.5. The normalized spacial score (nSPS) is 17.5. The molecule has 1 saturated carbocycles. The van der Waals surface area contributed by atoms with Gasteiger partial charge in [0, 0.05) is 0 Å². The summed E-state index contributed by atoms with van der Waals surface area (Å²) in [6, 6.07) is 21.3. The predicted molar refractivity (Wildman–Crippen MR) is 159 cm³/mol. The molecule has 1 aliphatic carbocycles. The third-order valence-corrected chi connectivity index (χ3v) is 8.16. The van der Waals surface area contributed by atoms with Crippen LogP contribution in [0.1, 0.15) is 94.2 Å². The first kappa shape index (κ1) is 29.1. The Bertz CT molecular complexity index is 1170. The van der Waals surface area contributed by atoms with Crippen LogP contribution in [0.2, 0.25) is 0 Å². The molecule has 0 heterocycles. The molecular weight excluding hydrogens is 486 g/mol. The van der Waals surface area contributed by atoms with Crippen LogP contribution in [0.15, 0.2) is 72.8 Å². The molecule has 208 valence electrons. The zero-order valence-corrected chi connectivity index (χ0v) is 23.7. The quantitative estimate of drug-likeness (QED) is 0.158. The molecule has 1 nitrogen and oxygen atoms in total. The second-order valence-electron chi connectivity index (χ2n) is 11.0. The van der Waals surface area contributed by atoms with Gasteiger partial charge in [0.05, 0.1) is 6.61 Å². The Balaban J connectivity index is 1.20. The highest BCUT2D eigenvalue weighted by molar-refractivity contribution is 5.64. The van der Waals surface area contributed by atoms with Crippen LogP contribution in [-0.2, 0) is 12.8 Å². The number of benzene rings is 3. The van der Waals surface area contributed by atoms with Gasteiger partial charge in [0.2, 0.25) is 5.82 Å². The summed E-state index contributed by atoms with van der Waals surface area (Å²) in [6.07, 6.45) is 16.9. The van der Waals surface area contributed by atoms with Crippen LogP contribution in [0.4, 0.5) is 8.78 Å². The molecule has 0 spiro atoms. The summed E-state index contributed by atoms with van der Waals surface area (Å²) in [4.78, 5) is 0. The first-order valence-corrected chi connectivity index (χ1v) is 15.0. The number of ether oxygens (including phenoxy) is 1. The van der Waals surface area contributed by atoms with Gasteiger partial charge < -0.3 is 4.74 Å². The minimum atomic E-state index is -0.851. The van der Waals surface area contributed by atoms with E-state index in [-0.39, 0.29) is 11.7 Å². The Kier molecular flexibility index (Phi) is 11.2. The van der Waals surface area contributed by atoms with E-state index in [0.29, 0.717) is 18.1 Å². The van der Waals surface area contributed by atoms with Gasteiger partial charge in [-0.05, 0) is 104 Å². The van der Waals surface area contributed by atoms with Crippen LogP contribution in [0.5, 0.6) is 5.75 Å². The van der Waals surface area contributed by atoms with Gasteiger partial charge in [0.15, 0.2) is 11.6 Å². The van der Waals surface area contributed by atoms with Crippen LogP contribution < -0.4 is 4.74 Å². The molecule has 0 atom stereocenters. The average Bonchev–Trinajstić information content (AvgIpc) is 2.97. The minimum Gasteiger partial charge on any atom is -0.491 e. The maximum atomic E-state index is 14.6. The maximum absolute atomic E-state index is 14.6. The zero-order valence-electron chi connectivity index (χ0n) is 23.7. The van der Waals surface area contributed by atoms with E-state index >= 15 is 0 Å². The minimum absolute atomic E-state index is 0.00663. The topological polar surface area (TPSA) is 9.23 Å². The molecule has 0 amide bonds. The molecule has 0 bridgehead atoms. The second-order valence-corrected chi connectivity index (χ2v) is 11.0. The van der Waals surface area contributed by atoms with E-state index < -0.39 is 11.6 Å². The van der Waals surface area contributed by atoms with Gasteiger partial charge in [-0.15, -0.1) is 0 Å². The summed E-state index contributed by atoms with van der Waals surface area (Å²) in [5, 5.41) is 0. The third kappa shape index (κ3) is 8.27. The average molecular weight is 531 g/mol. The molecule has 39 heavy (non-hydrogen) atoms. The van der Waals surface area contributed by atoms with Gasteiger partial charge in [-0.3, -0.25) is 0 Å². The molecule has 4 rings (SSSR count). The number of hydrogen-bond acceptors (Lipinski definition) is 1. The first-order chi connectivity index (χ1) is 19.1. The van der Waals surface area contributed by atoms with Gasteiger partial charge in [-0.2, -0.15) is 4.39 Å². The smallest absolute Gasteiger partial charge is 0.200 e. The lowest BCUT2D eigenvalue weighted by Crippen LogP contribution is -2.14. The maximum Gasteiger partial charge on any atom is 0.200 e. The van der Waals surface area contributed by atoms with Crippen molar-refractivity contribution in [2.45, 2.75) is 90.4 Å². The van der Waals surface area contributed by atoms with Gasteiger partial charge >= 0.3 is 0 Å². The molecule has 3 heteroatoms. The molecule has 0 aromatic heterocycles. The summed E-state index contributed by atoms with van der Waals surface area (Å²) in [5.74, 6) is -0.974. The second kappa shape index (κ2) is 15.0. The van der Waals surface area contributed by atoms with E-state index in [4.69, 9.17) is 4.74 Å². The fourth-order valence-electron chi connectivity index (χ4n) is 5.77. The summed E-state index contributed by atoms with van der Waals surface area (Å²) in [7, 11) is 0. The fraction of sp³-hybridized carbons (Fsp3) is 0.444. The molecular formula is C36H44F2O. The Morgan fingerprint density at radius 3 is 1.97 bits per heavy atom. The fourth-order valence-corrected chi connectivity index (χ4v) is 5.77. The molecule has 0 aliphatic heterocycles. The first-order valence-electron chi connectivity index (χ1n) is 15.0. The van der Waals surface area contributed by atoms with Crippen LogP contribution in [0.3, 0.4) is 0 Å². The summed E-state index contributed by atoms with van der Waals surface area (Å²) in [5.41, 5.74) is 5.84. The van der Waals surface area contributed by atoms with E-state index in [0.717, 1.165) is 38.5 Å². The molecule has 3 aromatic rings. The van der Waals surface area contributed by atoms with Gasteiger partial charge in [-0.1, -0.05) is 92.9 Å². The highest BCUT2D eigenvalue weighted by Crippen LogP contribution is 2.39.